The van der Waals surface area contributed by atoms with Crippen molar-refractivity contribution in [1.82, 2.24) is 5.32 Å². The van der Waals surface area contributed by atoms with Crippen LogP contribution in [0, 0.1) is 11.8 Å². The van der Waals surface area contributed by atoms with Crippen LogP contribution in [-0.4, -0.2) is 13.1 Å². The van der Waals surface area contributed by atoms with Crippen molar-refractivity contribution in [2.24, 2.45) is 5.73 Å². The Kier molecular flexibility index (Phi) is 5.69. The van der Waals surface area contributed by atoms with Crippen molar-refractivity contribution in [2.45, 2.75) is 32.7 Å². The number of nitrogens with two attached hydrogens (primary N) is 1. The van der Waals surface area contributed by atoms with E-state index in [9.17, 15) is 0 Å². The first-order valence-electron chi connectivity index (χ1n) is 5.73. The van der Waals surface area contributed by atoms with E-state index < -0.39 is 0 Å². The van der Waals surface area contributed by atoms with Gasteiger partial charge >= 0.3 is 0 Å². The summed E-state index contributed by atoms with van der Waals surface area (Å²) in [6, 6.07) is 4.10. The average molecular weight is 220 g/mol. The SMILES string of the molecule is CC#CCCNC(CN)c1ccc(CC)o1. The highest BCUT2D eigenvalue weighted by Crippen LogP contribution is 2.16. The van der Waals surface area contributed by atoms with Crippen LogP contribution in [0.15, 0.2) is 16.5 Å². The highest BCUT2D eigenvalue weighted by atomic mass is 16.3. The van der Waals surface area contributed by atoms with Gasteiger partial charge in [-0.2, -0.15) is 0 Å². The van der Waals surface area contributed by atoms with E-state index >= 15 is 0 Å². The van der Waals surface area contributed by atoms with Crippen LogP contribution in [0.25, 0.3) is 0 Å². The molecule has 0 radical (unpaired) electrons. The number of rotatable bonds is 6. The quantitative estimate of drug-likeness (QED) is 0.568. The molecule has 1 aromatic rings. The van der Waals surface area contributed by atoms with E-state index in [1.54, 1.807) is 0 Å². The van der Waals surface area contributed by atoms with E-state index in [0.29, 0.717) is 6.54 Å². The van der Waals surface area contributed by atoms with E-state index in [0.717, 1.165) is 30.9 Å². The van der Waals surface area contributed by atoms with Crippen LogP contribution in [0.5, 0.6) is 0 Å². The molecule has 0 aromatic carbocycles. The minimum absolute atomic E-state index is 0.0963. The molecule has 0 aliphatic carbocycles. The van der Waals surface area contributed by atoms with Crippen LogP contribution >= 0.6 is 0 Å². The summed E-state index contributed by atoms with van der Waals surface area (Å²) in [4.78, 5) is 0. The van der Waals surface area contributed by atoms with Crippen LogP contribution in [0.2, 0.25) is 0 Å². The summed E-state index contributed by atoms with van der Waals surface area (Å²) in [6.07, 6.45) is 1.76. The predicted octanol–water partition coefficient (Wildman–Crippen LogP) is 1.84. The van der Waals surface area contributed by atoms with Crippen LogP contribution in [-0.2, 0) is 6.42 Å². The average Bonchev–Trinajstić information content (AvgIpc) is 2.78. The fourth-order valence-corrected chi connectivity index (χ4v) is 1.51. The van der Waals surface area contributed by atoms with Gasteiger partial charge in [0, 0.05) is 25.9 Å². The lowest BCUT2D eigenvalue weighted by atomic mass is 10.2. The number of hydrogen-bond donors (Lipinski definition) is 2. The molecule has 0 bridgehead atoms. The highest BCUT2D eigenvalue weighted by molar-refractivity contribution is 5.11. The monoisotopic (exact) mass is 220 g/mol. The maximum atomic E-state index is 5.71. The maximum Gasteiger partial charge on any atom is 0.122 e. The molecule has 0 aliphatic heterocycles. The highest BCUT2D eigenvalue weighted by Gasteiger charge is 2.12. The molecular weight excluding hydrogens is 200 g/mol. The molecule has 1 aromatic heterocycles. The third-order valence-electron chi connectivity index (χ3n) is 2.43. The Bertz CT molecular complexity index is 359. The lowest BCUT2D eigenvalue weighted by Crippen LogP contribution is -2.28. The van der Waals surface area contributed by atoms with Gasteiger partial charge < -0.3 is 15.5 Å². The molecule has 1 atom stereocenters. The summed E-state index contributed by atoms with van der Waals surface area (Å²) in [7, 11) is 0. The molecule has 1 unspecified atom stereocenters. The fraction of sp³-hybridized carbons (Fsp3) is 0.538. The van der Waals surface area contributed by atoms with E-state index in [2.05, 4.69) is 24.1 Å². The number of aryl methyl sites for hydroxylation is 1. The van der Waals surface area contributed by atoms with Crippen molar-refractivity contribution in [3.63, 3.8) is 0 Å². The lowest BCUT2D eigenvalue weighted by molar-refractivity contribution is 0.400. The number of hydrogen-bond acceptors (Lipinski definition) is 3. The lowest BCUT2D eigenvalue weighted by Gasteiger charge is -2.13. The molecule has 3 nitrogen and oxygen atoms in total. The van der Waals surface area contributed by atoms with Crippen molar-refractivity contribution in [3.8, 4) is 11.8 Å². The van der Waals surface area contributed by atoms with E-state index in [1.807, 2.05) is 19.1 Å². The number of furan rings is 1. The van der Waals surface area contributed by atoms with Gasteiger partial charge in [0.2, 0.25) is 0 Å². The Morgan fingerprint density at radius 3 is 2.88 bits per heavy atom. The summed E-state index contributed by atoms with van der Waals surface area (Å²) >= 11 is 0. The van der Waals surface area contributed by atoms with E-state index in [4.69, 9.17) is 10.2 Å². The standard InChI is InChI=1S/C13H20N2O/c1-3-5-6-9-15-12(10-14)13-8-7-11(4-2)16-13/h7-8,12,15H,4,6,9-10,14H2,1-2H3. The minimum Gasteiger partial charge on any atom is -0.464 e. The zero-order valence-electron chi connectivity index (χ0n) is 10.0. The van der Waals surface area contributed by atoms with Gasteiger partial charge in [-0.25, -0.2) is 0 Å². The Hall–Kier alpha value is -1.24. The first-order chi connectivity index (χ1) is 7.81. The second-order valence-electron chi connectivity index (χ2n) is 3.58. The Morgan fingerprint density at radius 2 is 2.31 bits per heavy atom. The summed E-state index contributed by atoms with van der Waals surface area (Å²) in [5.74, 6) is 7.80. The van der Waals surface area contributed by atoms with E-state index in [1.165, 1.54) is 0 Å². The Labute approximate surface area is 97.4 Å². The molecule has 0 amide bonds. The fourth-order valence-electron chi connectivity index (χ4n) is 1.51. The minimum atomic E-state index is 0.0963. The first kappa shape index (κ1) is 12.8. The van der Waals surface area contributed by atoms with Crippen molar-refractivity contribution in [2.75, 3.05) is 13.1 Å². The molecule has 0 saturated heterocycles. The second-order valence-corrected chi connectivity index (χ2v) is 3.58. The summed E-state index contributed by atoms with van der Waals surface area (Å²) in [6.45, 7) is 5.30. The van der Waals surface area contributed by atoms with Crippen molar-refractivity contribution >= 4 is 0 Å². The predicted molar refractivity (Wildman–Crippen MR) is 66.0 cm³/mol. The molecule has 0 saturated carbocycles. The molecule has 16 heavy (non-hydrogen) atoms. The van der Waals surface area contributed by atoms with Gasteiger partial charge in [-0.05, 0) is 19.1 Å². The van der Waals surface area contributed by atoms with Gasteiger partial charge in [0.1, 0.15) is 11.5 Å². The topological polar surface area (TPSA) is 51.2 Å². The van der Waals surface area contributed by atoms with Gasteiger partial charge in [-0.15, -0.1) is 11.8 Å². The summed E-state index contributed by atoms with van der Waals surface area (Å²) in [5, 5.41) is 3.34. The molecule has 88 valence electrons. The van der Waals surface area contributed by atoms with Crippen LogP contribution in [0.1, 0.15) is 37.8 Å². The smallest absolute Gasteiger partial charge is 0.122 e. The van der Waals surface area contributed by atoms with Gasteiger partial charge in [-0.3, -0.25) is 0 Å². The van der Waals surface area contributed by atoms with Gasteiger partial charge in [0.15, 0.2) is 0 Å². The zero-order chi connectivity index (χ0) is 11.8. The third kappa shape index (κ3) is 3.73. The summed E-state index contributed by atoms with van der Waals surface area (Å²) in [5.41, 5.74) is 5.71. The van der Waals surface area contributed by atoms with Crippen molar-refractivity contribution < 1.29 is 4.42 Å². The second kappa shape index (κ2) is 7.10. The molecule has 0 aliphatic rings. The Morgan fingerprint density at radius 1 is 1.50 bits per heavy atom. The van der Waals surface area contributed by atoms with Gasteiger partial charge in [0.25, 0.3) is 0 Å². The van der Waals surface area contributed by atoms with Crippen LogP contribution in [0.3, 0.4) is 0 Å². The number of nitrogens with one attached hydrogen (secondary N) is 1. The third-order valence-corrected chi connectivity index (χ3v) is 2.43. The van der Waals surface area contributed by atoms with Crippen LogP contribution in [0.4, 0.5) is 0 Å². The first-order valence-corrected chi connectivity index (χ1v) is 5.73. The summed E-state index contributed by atoms with van der Waals surface area (Å²) < 4.78 is 5.66. The molecule has 0 spiro atoms. The maximum absolute atomic E-state index is 5.71. The molecule has 0 fully saturated rings. The zero-order valence-corrected chi connectivity index (χ0v) is 10.0. The molecular formula is C13H20N2O. The molecule has 3 N–H and O–H groups in total. The molecule has 1 rings (SSSR count). The molecule has 1 heterocycles. The molecule has 3 heteroatoms. The normalized spacial score (nSPS) is 11.9. The van der Waals surface area contributed by atoms with Gasteiger partial charge in [0.05, 0.1) is 6.04 Å². The largest absolute Gasteiger partial charge is 0.464 e. The van der Waals surface area contributed by atoms with Gasteiger partial charge in [-0.1, -0.05) is 6.92 Å². The van der Waals surface area contributed by atoms with Crippen molar-refractivity contribution in [1.29, 1.82) is 0 Å². The Balaban J connectivity index is 2.48. The van der Waals surface area contributed by atoms with E-state index in [-0.39, 0.29) is 6.04 Å². The van der Waals surface area contributed by atoms with Crippen molar-refractivity contribution in [3.05, 3.63) is 23.7 Å². The van der Waals surface area contributed by atoms with Crippen LogP contribution < -0.4 is 11.1 Å².